The van der Waals surface area contributed by atoms with Crippen LogP contribution in [-0.4, -0.2) is 31.1 Å². The highest BCUT2D eigenvalue weighted by Gasteiger charge is 2.42. The molecule has 1 atom stereocenters. The molecule has 5 nitrogen and oxygen atoms in total. The number of amides is 2. The molecule has 5 heteroatoms. The second kappa shape index (κ2) is 8.78. The highest BCUT2D eigenvalue weighted by molar-refractivity contribution is 6.00. The number of nitrogens with one attached hydrogen (secondary N) is 2. The summed E-state index contributed by atoms with van der Waals surface area (Å²) in [6.45, 7) is 1.32. The average Bonchev–Trinajstić information content (AvgIpc) is 3.46. The molecule has 152 valence electrons. The highest BCUT2D eigenvalue weighted by Crippen LogP contribution is 2.42. The highest BCUT2D eigenvalue weighted by atomic mass is 16.5. The van der Waals surface area contributed by atoms with Crippen LogP contribution in [0, 0.1) is 0 Å². The molecule has 1 aliphatic carbocycles. The fourth-order valence-corrected chi connectivity index (χ4v) is 4.45. The summed E-state index contributed by atoms with van der Waals surface area (Å²) in [5.41, 5.74) is 1.92. The Morgan fingerprint density at radius 2 is 1.69 bits per heavy atom. The molecule has 4 rings (SSSR count). The summed E-state index contributed by atoms with van der Waals surface area (Å²) < 4.78 is 5.53. The molecule has 2 fully saturated rings. The summed E-state index contributed by atoms with van der Waals surface area (Å²) in [4.78, 5) is 25.5. The van der Waals surface area contributed by atoms with Crippen LogP contribution in [0.15, 0.2) is 54.6 Å². The topological polar surface area (TPSA) is 67.4 Å². The van der Waals surface area contributed by atoms with Gasteiger partial charge in [-0.2, -0.15) is 0 Å². The van der Waals surface area contributed by atoms with Crippen LogP contribution in [0.3, 0.4) is 0 Å². The van der Waals surface area contributed by atoms with Crippen molar-refractivity contribution in [2.75, 3.05) is 18.5 Å². The second-order valence-corrected chi connectivity index (χ2v) is 8.03. The molecule has 0 spiro atoms. The van der Waals surface area contributed by atoms with Gasteiger partial charge >= 0.3 is 0 Å². The second-order valence-electron chi connectivity index (χ2n) is 8.03. The van der Waals surface area contributed by atoms with E-state index in [1.54, 1.807) is 24.3 Å². The summed E-state index contributed by atoms with van der Waals surface area (Å²) >= 11 is 0. The van der Waals surface area contributed by atoms with Crippen LogP contribution in [0.5, 0.6) is 0 Å². The van der Waals surface area contributed by atoms with Gasteiger partial charge in [-0.15, -0.1) is 0 Å². The lowest BCUT2D eigenvalue weighted by atomic mass is 9.78. The molecular formula is C24H28N2O3. The molecular weight excluding hydrogens is 364 g/mol. The fraction of sp³-hybridized carbons (Fsp3) is 0.417. The molecule has 0 unspecified atom stereocenters. The van der Waals surface area contributed by atoms with Crippen LogP contribution in [-0.2, 0) is 14.9 Å². The monoisotopic (exact) mass is 392 g/mol. The van der Waals surface area contributed by atoms with Crippen LogP contribution in [0.2, 0.25) is 0 Å². The van der Waals surface area contributed by atoms with E-state index in [1.165, 1.54) is 0 Å². The van der Waals surface area contributed by atoms with Crippen molar-refractivity contribution in [3.05, 3.63) is 65.7 Å². The van der Waals surface area contributed by atoms with E-state index < -0.39 is 5.41 Å². The maximum Gasteiger partial charge on any atom is 0.251 e. The number of benzene rings is 2. The van der Waals surface area contributed by atoms with Crippen molar-refractivity contribution in [1.29, 1.82) is 0 Å². The van der Waals surface area contributed by atoms with Gasteiger partial charge in [0.25, 0.3) is 5.91 Å². The van der Waals surface area contributed by atoms with E-state index in [0.29, 0.717) is 17.8 Å². The molecule has 2 aliphatic rings. The van der Waals surface area contributed by atoms with Gasteiger partial charge in [-0.1, -0.05) is 43.2 Å². The zero-order valence-electron chi connectivity index (χ0n) is 16.7. The van der Waals surface area contributed by atoms with Crippen molar-refractivity contribution in [1.82, 2.24) is 5.32 Å². The molecule has 2 N–H and O–H groups in total. The van der Waals surface area contributed by atoms with Gasteiger partial charge in [0.15, 0.2) is 0 Å². The summed E-state index contributed by atoms with van der Waals surface area (Å²) in [5.74, 6) is -0.0771. The van der Waals surface area contributed by atoms with Crippen molar-refractivity contribution in [2.45, 2.75) is 50.0 Å². The Morgan fingerprint density at radius 1 is 0.966 bits per heavy atom. The molecule has 1 saturated carbocycles. The van der Waals surface area contributed by atoms with E-state index in [2.05, 4.69) is 10.6 Å². The lowest BCUT2D eigenvalue weighted by molar-refractivity contribution is -0.121. The third-order valence-corrected chi connectivity index (χ3v) is 6.14. The third-order valence-electron chi connectivity index (χ3n) is 6.14. The Balaban J connectivity index is 1.40. The Labute approximate surface area is 171 Å². The smallest absolute Gasteiger partial charge is 0.251 e. The molecule has 0 radical (unpaired) electrons. The van der Waals surface area contributed by atoms with Gasteiger partial charge < -0.3 is 15.4 Å². The first kappa shape index (κ1) is 19.6. The molecule has 1 aliphatic heterocycles. The van der Waals surface area contributed by atoms with Gasteiger partial charge in [0, 0.05) is 24.4 Å². The minimum atomic E-state index is -0.460. The van der Waals surface area contributed by atoms with Gasteiger partial charge in [-0.05, 0) is 55.5 Å². The van der Waals surface area contributed by atoms with Crippen LogP contribution in [0.25, 0.3) is 0 Å². The van der Waals surface area contributed by atoms with Gasteiger partial charge in [0.05, 0.1) is 11.5 Å². The predicted octanol–water partition coefficient (Wildman–Crippen LogP) is 4.05. The first-order valence-electron chi connectivity index (χ1n) is 10.5. The summed E-state index contributed by atoms with van der Waals surface area (Å²) in [6.07, 6.45) is 6.03. The minimum Gasteiger partial charge on any atom is -0.376 e. The van der Waals surface area contributed by atoms with E-state index in [1.807, 2.05) is 30.3 Å². The Hall–Kier alpha value is -2.66. The van der Waals surface area contributed by atoms with E-state index in [0.717, 1.165) is 50.7 Å². The zero-order valence-corrected chi connectivity index (χ0v) is 16.7. The lowest BCUT2D eigenvalue weighted by Crippen LogP contribution is -2.38. The fourth-order valence-electron chi connectivity index (χ4n) is 4.45. The SMILES string of the molecule is O=C(NC[C@H]1CCCO1)c1ccc(NC(=O)C2(c3ccccc3)CCCC2)cc1. The molecule has 0 bridgehead atoms. The molecule has 0 aromatic heterocycles. The predicted molar refractivity (Wildman–Crippen MR) is 113 cm³/mol. The Morgan fingerprint density at radius 3 is 2.34 bits per heavy atom. The van der Waals surface area contributed by atoms with E-state index in [9.17, 15) is 9.59 Å². The number of ether oxygens (including phenoxy) is 1. The largest absolute Gasteiger partial charge is 0.376 e. The number of hydrogen-bond acceptors (Lipinski definition) is 3. The van der Waals surface area contributed by atoms with Gasteiger partial charge in [0.1, 0.15) is 0 Å². The number of anilines is 1. The normalized spacial score (nSPS) is 20.3. The number of rotatable bonds is 6. The van der Waals surface area contributed by atoms with Gasteiger partial charge in [0.2, 0.25) is 5.91 Å². The maximum atomic E-state index is 13.2. The maximum absolute atomic E-state index is 13.2. The first-order chi connectivity index (χ1) is 14.2. The number of hydrogen-bond donors (Lipinski definition) is 2. The standard InChI is InChI=1S/C24H28N2O3/c27-22(25-17-21-9-6-16-29-21)18-10-12-20(13-11-18)26-23(28)24(14-4-5-15-24)19-7-2-1-3-8-19/h1-3,7-8,10-13,21H,4-6,9,14-17H2,(H,25,27)(H,26,28)/t21-/m1/s1. The molecule has 1 saturated heterocycles. The van der Waals surface area contributed by atoms with Crippen molar-refractivity contribution >= 4 is 17.5 Å². The van der Waals surface area contributed by atoms with Crippen LogP contribution < -0.4 is 10.6 Å². The number of carbonyl (C=O) groups is 2. The van der Waals surface area contributed by atoms with Gasteiger partial charge in [-0.25, -0.2) is 0 Å². The van der Waals surface area contributed by atoms with Crippen molar-refractivity contribution < 1.29 is 14.3 Å². The zero-order chi connectivity index (χ0) is 20.1. The summed E-state index contributed by atoms with van der Waals surface area (Å²) in [6, 6.07) is 17.2. The lowest BCUT2D eigenvalue weighted by Gasteiger charge is -2.28. The van der Waals surface area contributed by atoms with Crippen molar-refractivity contribution in [2.24, 2.45) is 0 Å². The van der Waals surface area contributed by atoms with Crippen LogP contribution in [0.4, 0.5) is 5.69 Å². The molecule has 2 aromatic carbocycles. The number of carbonyl (C=O) groups excluding carboxylic acids is 2. The average molecular weight is 392 g/mol. The molecule has 29 heavy (non-hydrogen) atoms. The van der Waals surface area contributed by atoms with Crippen molar-refractivity contribution in [3.8, 4) is 0 Å². The summed E-state index contributed by atoms with van der Waals surface area (Å²) in [5, 5.41) is 6.00. The van der Waals surface area contributed by atoms with E-state index >= 15 is 0 Å². The van der Waals surface area contributed by atoms with E-state index in [-0.39, 0.29) is 17.9 Å². The molecule has 1 heterocycles. The summed E-state index contributed by atoms with van der Waals surface area (Å²) in [7, 11) is 0. The Kier molecular flexibility index (Phi) is 5.95. The van der Waals surface area contributed by atoms with Crippen LogP contribution in [0.1, 0.15) is 54.4 Å². The van der Waals surface area contributed by atoms with Crippen molar-refractivity contribution in [3.63, 3.8) is 0 Å². The quantitative estimate of drug-likeness (QED) is 0.779. The first-order valence-corrected chi connectivity index (χ1v) is 10.5. The van der Waals surface area contributed by atoms with Gasteiger partial charge in [-0.3, -0.25) is 9.59 Å². The third kappa shape index (κ3) is 4.35. The van der Waals surface area contributed by atoms with Crippen LogP contribution >= 0.6 is 0 Å². The molecule has 2 aromatic rings. The minimum absolute atomic E-state index is 0.0387. The Bertz CT molecular complexity index is 836. The van der Waals surface area contributed by atoms with E-state index in [4.69, 9.17) is 4.74 Å². The molecule has 2 amide bonds.